The van der Waals surface area contributed by atoms with Gasteiger partial charge >= 0.3 is 6.03 Å². The summed E-state index contributed by atoms with van der Waals surface area (Å²) < 4.78 is 13.2. The quantitative estimate of drug-likeness (QED) is 0.773. The van der Waals surface area contributed by atoms with Crippen molar-refractivity contribution >= 4 is 29.2 Å². The van der Waals surface area contributed by atoms with Gasteiger partial charge in [0.2, 0.25) is 5.91 Å². The van der Waals surface area contributed by atoms with Crippen LogP contribution >= 0.6 is 11.3 Å². The summed E-state index contributed by atoms with van der Waals surface area (Å²) in [6.45, 7) is 1.83. The van der Waals surface area contributed by atoms with Gasteiger partial charge in [-0.1, -0.05) is 19.1 Å². The Balaban J connectivity index is 1.76. The van der Waals surface area contributed by atoms with Crippen LogP contribution in [-0.2, 0) is 21.7 Å². The van der Waals surface area contributed by atoms with E-state index in [0.29, 0.717) is 18.5 Å². The molecule has 4 amide bonds. The zero-order valence-corrected chi connectivity index (χ0v) is 15.9. The van der Waals surface area contributed by atoms with Gasteiger partial charge in [0.05, 0.1) is 0 Å². The first-order valence-electron chi connectivity index (χ1n) is 8.52. The second-order valence-electron chi connectivity index (χ2n) is 6.47. The van der Waals surface area contributed by atoms with Crippen LogP contribution in [0, 0.1) is 5.82 Å². The van der Waals surface area contributed by atoms with Gasteiger partial charge in [-0.15, -0.1) is 0 Å². The van der Waals surface area contributed by atoms with Gasteiger partial charge in [0.25, 0.3) is 5.91 Å². The fraction of sp³-hybridized carbons (Fsp3) is 0.316. The maximum atomic E-state index is 13.2. The van der Waals surface area contributed by atoms with E-state index in [2.05, 4.69) is 5.32 Å². The molecule has 142 valence electrons. The fourth-order valence-corrected chi connectivity index (χ4v) is 3.80. The largest absolute Gasteiger partial charge is 0.340 e. The number of hydrogen-bond acceptors (Lipinski definition) is 4. The third-order valence-corrected chi connectivity index (χ3v) is 5.49. The van der Waals surface area contributed by atoms with Crippen molar-refractivity contribution in [3.05, 3.63) is 58.0 Å². The molecule has 1 saturated heterocycles. The molecule has 1 N–H and O–H groups in total. The molecule has 1 atom stereocenters. The van der Waals surface area contributed by atoms with E-state index in [-0.39, 0.29) is 12.5 Å². The van der Waals surface area contributed by atoms with Gasteiger partial charge in [0, 0.05) is 13.6 Å². The number of imide groups is 1. The highest BCUT2D eigenvalue weighted by Crippen LogP contribution is 2.32. The third-order valence-electron chi connectivity index (χ3n) is 4.76. The standard InChI is InChI=1S/C19H20FN3O3S/c1-3-19(14-4-6-15(20)7-5-14)17(25)23(18(26)21-19)11-16(24)22(2)10-13-8-9-27-12-13/h4-9,12H,3,10-11H2,1-2H3,(H,21,26)/t19-/m0/s1. The van der Waals surface area contributed by atoms with E-state index in [4.69, 9.17) is 0 Å². The van der Waals surface area contributed by atoms with Gasteiger partial charge in [-0.05, 0) is 46.5 Å². The number of rotatable bonds is 6. The molecular weight excluding hydrogens is 369 g/mol. The first-order valence-corrected chi connectivity index (χ1v) is 9.47. The zero-order chi connectivity index (χ0) is 19.6. The highest BCUT2D eigenvalue weighted by molar-refractivity contribution is 7.07. The van der Waals surface area contributed by atoms with E-state index in [9.17, 15) is 18.8 Å². The number of carbonyl (C=O) groups excluding carboxylic acids is 3. The van der Waals surface area contributed by atoms with Crippen molar-refractivity contribution in [3.8, 4) is 0 Å². The molecule has 1 fully saturated rings. The lowest BCUT2D eigenvalue weighted by Crippen LogP contribution is -2.45. The summed E-state index contributed by atoms with van der Waals surface area (Å²) in [5.41, 5.74) is 0.199. The number of hydrogen-bond donors (Lipinski definition) is 1. The Morgan fingerprint density at radius 1 is 1.26 bits per heavy atom. The zero-order valence-electron chi connectivity index (χ0n) is 15.1. The number of nitrogens with one attached hydrogen (secondary N) is 1. The number of amides is 4. The molecule has 1 aromatic heterocycles. The van der Waals surface area contributed by atoms with Crippen LogP contribution in [0.15, 0.2) is 41.1 Å². The minimum absolute atomic E-state index is 0.290. The summed E-state index contributed by atoms with van der Waals surface area (Å²) in [6, 6.07) is 6.74. The van der Waals surface area contributed by atoms with E-state index >= 15 is 0 Å². The summed E-state index contributed by atoms with van der Waals surface area (Å²) in [5, 5.41) is 6.55. The van der Waals surface area contributed by atoms with Crippen LogP contribution in [0.2, 0.25) is 0 Å². The monoisotopic (exact) mass is 389 g/mol. The Hall–Kier alpha value is -2.74. The number of benzene rings is 1. The van der Waals surface area contributed by atoms with Crippen molar-refractivity contribution < 1.29 is 18.8 Å². The minimum Gasteiger partial charge on any atom is -0.340 e. The first kappa shape index (κ1) is 19.0. The van der Waals surface area contributed by atoms with Gasteiger partial charge < -0.3 is 10.2 Å². The normalized spacial score (nSPS) is 19.3. The Kier molecular flexibility index (Phi) is 5.27. The summed E-state index contributed by atoms with van der Waals surface area (Å²) in [6.07, 6.45) is 0.290. The second kappa shape index (κ2) is 7.48. The molecule has 0 unspecified atom stereocenters. The number of likely N-dealkylation sites (N-methyl/N-ethyl adjacent to an activating group) is 1. The van der Waals surface area contributed by atoms with Crippen molar-refractivity contribution in [1.29, 1.82) is 0 Å². The van der Waals surface area contributed by atoms with E-state index in [1.165, 1.54) is 40.5 Å². The second-order valence-corrected chi connectivity index (χ2v) is 7.25. The molecule has 0 saturated carbocycles. The number of urea groups is 1. The average Bonchev–Trinajstić information content (AvgIpc) is 3.24. The molecule has 8 heteroatoms. The lowest BCUT2D eigenvalue weighted by atomic mass is 9.87. The molecule has 1 aliphatic heterocycles. The number of halogens is 1. The lowest BCUT2D eigenvalue weighted by Gasteiger charge is -2.26. The molecule has 0 bridgehead atoms. The Labute approximate surface area is 160 Å². The maximum Gasteiger partial charge on any atom is 0.325 e. The molecule has 1 aliphatic rings. The third kappa shape index (κ3) is 3.57. The molecule has 2 heterocycles. The predicted octanol–water partition coefficient (Wildman–Crippen LogP) is 2.70. The van der Waals surface area contributed by atoms with Crippen molar-refractivity contribution in [1.82, 2.24) is 15.1 Å². The number of thiophene rings is 1. The highest BCUT2D eigenvalue weighted by Gasteiger charge is 2.51. The van der Waals surface area contributed by atoms with Crippen molar-refractivity contribution in [2.24, 2.45) is 0 Å². The number of nitrogens with zero attached hydrogens (tertiary/aromatic N) is 2. The van der Waals surface area contributed by atoms with Gasteiger partial charge in [-0.25, -0.2) is 9.18 Å². The molecule has 1 aromatic carbocycles. The minimum atomic E-state index is -1.28. The van der Waals surface area contributed by atoms with Gasteiger partial charge in [0.1, 0.15) is 17.9 Å². The molecular formula is C19H20FN3O3S. The van der Waals surface area contributed by atoms with Gasteiger partial charge in [-0.2, -0.15) is 11.3 Å². The van der Waals surface area contributed by atoms with Crippen LogP contribution in [0.3, 0.4) is 0 Å². The lowest BCUT2D eigenvalue weighted by molar-refractivity contribution is -0.138. The Morgan fingerprint density at radius 3 is 2.56 bits per heavy atom. The van der Waals surface area contributed by atoms with Crippen LogP contribution in [-0.4, -0.2) is 41.2 Å². The molecule has 0 spiro atoms. The Morgan fingerprint density at radius 2 is 1.96 bits per heavy atom. The average molecular weight is 389 g/mol. The molecule has 27 heavy (non-hydrogen) atoms. The van der Waals surface area contributed by atoms with E-state index in [1.54, 1.807) is 14.0 Å². The molecule has 0 radical (unpaired) electrons. The van der Waals surface area contributed by atoms with Crippen molar-refractivity contribution in [2.75, 3.05) is 13.6 Å². The molecule has 3 rings (SSSR count). The van der Waals surface area contributed by atoms with Crippen molar-refractivity contribution in [3.63, 3.8) is 0 Å². The Bertz CT molecular complexity index is 854. The van der Waals surface area contributed by atoms with Crippen molar-refractivity contribution in [2.45, 2.75) is 25.4 Å². The topological polar surface area (TPSA) is 69.7 Å². The summed E-state index contributed by atoms with van der Waals surface area (Å²) in [5.74, 6) is -1.27. The highest BCUT2D eigenvalue weighted by atomic mass is 32.1. The first-order chi connectivity index (χ1) is 12.9. The van der Waals surface area contributed by atoms with Crippen LogP contribution in [0.4, 0.5) is 9.18 Å². The van der Waals surface area contributed by atoms with Crippen LogP contribution in [0.5, 0.6) is 0 Å². The van der Waals surface area contributed by atoms with E-state index in [0.717, 1.165) is 10.5 Å². The van der Waals surface area contributed by atoms with Gasteiger partial charge in [0.15, 0.2) is 0 Å². The summed E-state index contributed by atoms with van der Waals surface area (Å²) in [4.78, 5) is 40.3. The maximum absolute atomic E-state index is 13.2. The molecule has 0 aliphatic carbocycles. The van der Waals surface area contributed by atoms with Crippen LogP contribution in [0.25, 0.3) is 0 Å². The fourth-order valence-electron chi connectivity index (χ4n) is 3.14. The number of carbonyl (C=O) groups is 3. The van der Waals surface area contributed by atoms with Crippen LogP contribution < -0.4 is 5.32 Å². The van der Waals surface area contributed by atoms with E-state index in [1.807, 2.05) is 16.8 Å². The molecule has 2 aromatic rings. The van der Waals surface area contributed by atoms with Gasteiger partial charge in [-0.3, -0.25) is 14.5 Å². The SMILES string of the molecule is CC[C@@]1(c2ccc(F)cc2)NC(=O)N(CC(=O)N(C)Cc2ccsc2)C1=O. The summed E-state index contributed by atoms with van der Waals surface area (Å²) in [7, 11) is 1.63. The predicted molar refractivity (Wildman–Crippen MR) is 99.4 cm³/mol. The van der Waals surface area contributed by atoms with Crippen LogP contribution in [0.1, 0.15) is 24.5 Å². The molecule has 6 nitrogen and oxygen atoms in total. The van der Waals surface area contributed by atoms with E-state index < -0.39 is 23.3 Å². The summed E-state index contributed by atoms with van der Waals surface area (Å²) >= 11 is 1.54. The smallest absolute Gasteiger partial charge is 0.325 e.